The second kappa shape index (κ2) is 8.13. The van der Waals surface area contributed by atoms with Gasteiger partial charge in [-0.3, -0.25) is 0 Å². The first kappa shape index (κ1) is 19.9. The van der Waals surface area contributed by atoms with Crippen LogP contribution >= 0.6 is 0 Å². The van der Waals surface area contributed by atoms with E-state index < -0.39 is 5.92 Å². The molecule has 29 heavy (non-hydrogen) atoms. The monoisotopic (exact) mass is 399 g/mol. The van der Waals surface area contributed by atoms with E-state index in [9.17, 15) is 13.6 Å². The molecule has 1 saturated heterocycles. The number of halogens is 2. The van der Waals surface area contributed by atoms with E-state index in [1.807, 2.05) is 61.5 Å². The Morgan fingerprint density at radius 3 is 2.41 bits per heavy atom. The van der Waals surface area contributed by atoms with Gasteiger partial charge in [0, 0.05) is 19.4 Å². The molecule has 1 amide bonds. The Morgan fingerprint density at radius 1 is 1.07 bits per heavy atom. The van der Waals surface area contributed by atoms with Crippen LogP contribution in [0.4, 0.5) is 13.6 Å². The average molecular weight is 399 g/mol. The SMILES string of the molecule is Cc1ccc(C2C[C@@H](C3CC(F)(F)C3)CCN2C(=O)OCc2ccccc2)cc1. The first-order valence-corrected chi connectivity index (χ1v) is 10.3. The number of nitrogens with zero attached hydrogens (tertiary/aromatic N) is 1. The standard InChI is InChI=1S/C24H27F2NO2/c1-17-7-9-19(10-8-17)22-13-20(21-14-24(25,26)15-21)11-12-27(22)23(28)29-16-18-5-3-2-4-6-18/h2-10,20-22H,11-16H2,1H3/t20-,22?/m0/s1. The Morgan fingerprint density at radius 2 is 1.76 bits per heavy atom. The van der Waals surface area contributed by atoms with Crippen molar-refractivity contribution in [3.05, 3.63) is 71.3 Å². The molecule has 0 bridgehead atoms. The summed E-state index contributed by atoms with van der Waals surface area (Å²) in [7, 11) is 0. The first-order valence-electron chi connectivity index (χ1n) is 10.3. The van der Waals surface area contributed by atoms with Gasteiger partial charge in [-0.2, -0.15) is 0 Å². The van der Waals surface area contributed by atoms with E-state index in [2.05, 4.69) is 0 Å². The summed E-state index contributed by atoms with van der Waals surface area (Å²) in [5.41, 5.74) is 3.14. The fourth-order valence-corrected chi connectivity index (χ4v) is 4.59. The van der Waals surface area contributed by atoms with E-state index in [4.69, 9.17) is 4.74 Å². The molecular formula is C24H27F2NO2. The second-order valence-corrected chi connectivity index (χ2v) is 8.47. The highest BCUT2D eigenvalue weighted by Gasteiger charge is 2.50. The lowest BCUT2D eigenvalue weighted by molar-refractivity contribution is -0.133. The van der Waals surface area contributed by atoms with Gasteiger partial charge in [-0.1, -0.05) is 60.2 Å². The van der Waals surface area contributed by atoms with Crippen molar-refractivity contribution in [1.82, 2.24) is 4.90 Å². The van der Waals surface area contributed by atoms with E-state index in [-0.39, 0.29) is 43.4 Å². The maximum absolute atomic E-state index is 13.4. The third-order valence-electron chi connectivity index (χ3n) is 6.33. The summed E-state index contributed by atoms with van der Waals surface area (Å²) in [5.74, 6) is -2.23. The molecule has 0 radical (unpaired) electrons. The van der Waals surface area contributed by atoms with Crippen LogP contribution in [0.5, 0.6) is 0 Å². The number of aryl methyl sites for hydroxylation is 1. The minimum atomic E-state index is -2.50. The molecule has 1 unspecified atom stereocenters. The minimum Gasteiger partial charge on any atom is -0.445 e. The number of benzene rings is 2. The van der Waals surface area contributed by atoms with Crippen molar-refractivity contribution in [2.24, 2.45) is 11.8 Å². The summed E-state index contributed by atoms with van der Waals surface area (Å²) < 4.78 is 32.4. The van der Waals surface area contributed by atoms with Gasteiger partial charge in [0.15, 0.2) is 0 Å². The number of hydrogen-bond donors (Lipinski definition) is 0. The number of carbonyl (C=O) groups is 1. The largest absolute Gasteiger partial charge is 0.445 e. The molecule has 2 atom stereocenters. The molecule has 154 valence electrons. The van der Waals surface area contributed by atoms with Gasteiger partial charge in [0.1, 0.15) is 6.61 Å². The molecule has 4 rings (SSSR count). The van der Waals surface area contributed by atoms with Crippen molar-refractivity contribution in [2.45, 2.75) is 51.2 Å². The summed E-state index contributed by atoms with van der Waals surface area (Å²) >= 11 is 0. The normalized spacial score (nSPS) is 24.0. The summed E-state index contributed by atoms with van der Waals surface area (Å²) in [6.07, 6.45) is 1.10. The third-order valence-corrected chi connectivity index (χ3v) is 6.33. The number of likely N-dealkylation sites (tertiary alicyclic amines) is 1. The molecule has 0 spiro atoms. The van der Waals surface area contributed by atoms with Crippen molar-refractivity contribution in [3.8, 4) is 0 Å². The molecule has 5 heteroatoms. The lowest BCUT2D eigenvalue weighted by Crippen LogP contribution is -2.47. The Labute approximate surface area is 170 Å². The lowest BCUT2D eigenvalue weighted by Gasteiger charge is -2.46. The summed E-state index contributed by atoms with van der Waals surface area (Å²) in [6.45, 7) is 2.80. The molecular weight excluding hydrogens is 372 g/mol. The zero-order valence-corrected chi connectivity index (χ0v) is 16.7. The van der Waals surface area contributed by atoms with E-state index >= 15 is 0 Å². The Hall–Kier alpha value is -2.43. The molecule has 2 fully saturated rings. The maximum atomic E-state index is 13.4. The lowest BCUT2D eigenvalue weighted by atomic mass is 9.68. The van der Waals surface area contributed by atoms with Gasteiger partial charge < -0.3 is 9.64 Å². The molecule has 1 heterocycles. The van der Waals surface area contributed by atoms with Gasteiger partial charge >= 0.3 is 6.09 Å². The number of amides is 1. The van der Waals surface area contributed by atoms with Crippen LogP contribution in [0, 0.1) is 18.8 Å². The number of carbonyl (C=O) groups excluding carboxylic acids is 1. The quantitative estimate of drug-likeness (QED) is 0.619. The summed E-state index contributed by atoms with van der Waals surface area (Å²) in [4.78, 5) is 14.6. The molecule has 2 aliphatic rings. The Balaban J connectivity index is 1.47. The number of alkyl halides is 2. The van der Waals surface area contributed by atoms with Crippen molar-refractivity contribution in [2.75, 3.05) is 6.54 Å². The molecule has 1 aliphatic carbocycles. The van der Waals surface area contributed by atoms with Crippen LogP contribution in [0.3, 0.4) is 0 Å². The predicted molar refractivity (Wildman–Crippen MR) is 108 cm³/mol. The predicted octanol–water partition coefficient (Wildman–Crippen LogP) is 6.13. The van der Waals surface area contributed by atoms with Crippen LogP contribution in [-0.4, -0.2) is 23.5 Å². The van der Waals surface area contributed by atoms with Gasteiger partial charge in [0.05, 0.1) is 6.04 Å². The molecule has 0 aromatic heterocycles. The molecule has 0 N–H and O–H groups in total. The zero-order valence-electron chi connectivity index (χ0n) is 16.7. The highest BCUT2D eigenvalue weighted by atomic mass is 19.3. The fourth-order valence-electron chi connectivity index (χ4n) is 4.59. The van der Waals surface area contributed by atoms with E-state index in [0.717, 1.165) is 23.1 Å². The number of piperidine rings is 1. The summed E-state index contributed by atoms with van der Waals surface area (Å²) in [6, 6.07) is 17.6. The first-order chi connectivity index (χ1) is 13.9. The van der Waals surface area contributed by atoms with Crippen LogP contribution in [0.1, 0.15) is 48.4 Å². The van der Waals surface area contributed by atoms with Gasteiger partial charge in [0.25, 0.3) is 0 Å². The Bertz CT molecular complexity index is 830. The van der Waals surface area contributed by atoms with E-state index in [1.54, 1.807) is 4.90 Å². The van der Waals surface area contributed by atoms with Crippen LogP contribution < -0.4 is 0 Å². The number of hydrogen-bond acceptors (Lipinski definition) is 2. The zero-order chi connectivity index (χ0) is 20.4. The topological polar surface area (TPSA) is 29.5 Å². The maximum Gasteiger partial charge on any atom is 0.410 e. The van der Waals surface area contributed by atoms with Gasteiger partial charge in [-0.05, 0) is 42.7 Å². The van der Waals surface area contributed by atoms with Crippen LogP contribution in [0.25, 0.3) is 0 Å². The van der Waals surface area contributed by atoms with E-state index in [1.165, 1.54) is 0 Å². The number of rotatable bonds is 4. The minimum absolute atomic E-state index is 0.0171. The van der Waals surface area contributed by atoms with Crippen LogP contribution in [0.2, 0.25) is 0 Å². The summed E-state index contributed by atoms with van der Waals surface area (Å²) in [5, 5.41) is 0. The highest BCUT2D eigenvalue weighted by Crippen LogP contribution is 2.51. The van der Waals surface area contributed by atoms with Crippen molar-refractivity contribution in [1.29, 1.82) is 0 Å². The van der Waals surface area contributed by atoms with Crippen molar-refractivity contribution in [3.63, 3.8) is 0 Å². The van der Waals surface area contributed by atoms with Crippen LogP contribution in [-0.2, 0) is 11.3 Å². The van der Waals surface area contributed by atoms with Crippen LogP contribution in [0.15, 0.2) is 54.6 Å². The fraction of sp³-hybridized carbons (Fsp3) is 0.458. The Kier molecular flexibility index (Phi) is 5.57. The second-order valence-electron chi connectivity index (χ2n) is 8.47. The number of ether oxygens (including phenoxy) is 1. The molecule has 2 aromatic carbocycles. The molecule has 3 nitrogen and oxygen atoms in total. The average Bonchev–Trinajstić information content (AvgIpc) is 2.71. The van der Waals surface area contributed by atoms with Crippen molar-refractivity contribution < 1.29 is 18.3 Å². The van der Waals surface area contributed by atoms with Crippen molar-refractivity contribution >= 4 is 6.09 Å². The smallest absolute Gasteiger partial charge is 0.410 e. The van der Waals surface area contributed by atoms with E-state index in [0.29, 0.717) is 13.0 Å². The van der Waals surface area contributed by atoms with Gasteiger partial charge in [-0.25, -0.2) is 13.6 Å². The molecule has 1 aliphatic heterocycles. The highest BCUT2D eigenvalue weighted by molar-refractivity contribution is 5.68. The van der Waals surface area contributed by atoms with Gasteiger partial charge in [-0.15, -0.1) is 0 Å². The van der Waals surface area contributed by atoms with Gasteiger partial charge in [0.2, 0.25) is 5.92 Å². The molecule has 2 aromatic rings. The molecule has 1 saturated carbocycles. The third kappa shape index (κ3) is 4.60.